The Bertz CT molecular complexity index is 4280. The van der Waals surface area contributed by atoms with Gasteiger partial charge in [-0.1, -0.05) is 6.07 Å². The van der Waals surface area contributed by atoms with Crippen molar-refractivity contribution in [3.8, 4) is 0 Å². The van der Waals surface area contributed by atoms with Crippen molar-refractivity contribution in [2.75, 3.05) is 5.32 Å². The van der Waals surface area contributed by atoms with Gasteiger partial charge in [0.15, 0.2) is 0 Å². The van der Waals surface area contributed by atoms with Crippen LogP contribution in [0.2, 0.25) is 0 Å². The van der Waals surface area contributed by atoms with Crippen molar-refractivity contribution in [1.29, 1.82) is 0 Å². The minimum absolute atomic E-state index is 0. The predicted molar refractivity (Wildman–Crippen MR) is 226 cm³/mol. The zero-order valence-corrected chi connectivity index (χ0v) is 56.9. The fraction of sp³-hybridized carbons (Fsp3) is 0.0278. The van der Waals surface area contributed by atoms with Crippen LogP contribution < -0.4 is 188 Å². The standard InChI is InChI=1S/C36H26FN9O18S6.6Na/c1-17-10-18(38-35-40-34(37)41-36(42-35)39-30-15-21(66(50,51)52)4-9-31(30)68(56,57)58)2-6-27(17)44-46-28-7-8-29(24-13-20(65(47,48)49)3-5-23(24)28)45-43-19-11-25-26(32(12-19)69(59,60)61)14-22(67(53,54)55)16-33(25)70(62,63)64;;;;;;/h2-16H,1H3,(H,47,48,49)(H,50,51,52)(H,53,54,55)(H,56,57,58)(H,59,60,61)(H,62,63,64)(H2,38,39,40,41,42);;;;;;/q;6*+1/p-6. The van der Waals surface area contributed by atoms with Crippen LogP contribution in [0.25, 0.3) is 21.5 Å². The molecular weight excluding hydrogens is 1200 g/mol. The molecule has 0 fully saturated rings. The number of halogens is 1. The van der Waals surface area contributed by atoms with Crippen molar-refractivity contribution in [3.63, 3.8) is 0 Å². The summed E-state index contributed by atoms with van der Waals surface area (Å²) in [7, 11) is -32.4. The molecule has 366 valence electrons. The molecule has 7 aromatic rings. The van der Waals surface area contributed by atoms with Gasteiger partial charge in [-0.15, -0.1) is 10.2 Å². The molecule has 27 nitrogen and oxygen atoms in total. The first kappa shape index (κ1) is 73.1. The summed E-state index contributed by atoms with van der Waals surface area (Å²) in [5, 5.41) is 17.0. The van der Waals surface area contributed by atoms with E-state index in [-0.39, 0.29) is 217 Å². The van der Waals surface area contributed by atoms with Crippen molar-refractivity contribution >= 4 is 122 Å². The third kappa shape index (κ3) is 18.0. The van der Waals surface area contributed by atoms with Gasteiger partial charge in [-0.3, -0.25) is 4.98 Å². The molecule has 2 N–H and O–H groups in total. The Balaban J connectivity index is 0.00000481. The summed E-state index contributed by atoms with van der Waals surface area (Å²) in [5.41, 5.74) is -1.73. The Morgan fingerprint density at radius 1 is 0.447 bits per heavy atom. The molecule has 0 aliphatic carbocycles. The van der Waals surface area contributed by atoms with Gasteiger partial charge < -0.3 is 32.6 Å². The van der Waals surface area contributed by atoms with Crippen LogP contribution in [0.5, 0.6) is 0 Å². The number of hydrogen-bond donors (Lipinski definition) is 2. The molecule has 0 aliphatic rings. The molecule has 1 heterocycles. The molecular formula is C36H20FN9Na6O18S6. The van der Waals surface area contributed by atoms with Gasteiger partial charge in [-0.05, 0) is 97.4 Å². The smallest absolute Gasteiger partial charge is 0.744 e. The van der Waals surface area contributed by atoms with Crippen LogP contribution in [0.15, 0.2) is 146 Å². The Hall–Kier alpha value is -0.960. The zero-order valence-electron chi connectivity index (χ0n) is 40.0. The van der Waals surface area contributed by atoms with Gasteiger partial charge in [-0.25, -0.2) is 55.5 Å². The van der Waals surface area contributed by atoms with E-state index in [1.165, 1.54) is 30.3 Å². The van der Waals surface area contributed by atoms with E-state index in [2.05, 4.69) is 40.7 Å². The van der Waals surface area contributed by atoms with Crippen LogP contribution in [0.3, 0.4) is 0 Å². The molecule has 0 saturated heterocycles. The number of anilines is 2. The van der Waals surface area contributed by atoms with E-state index in [4.69, 9.17) is 0 Å². The Morgan fingerprint density at radius 3 is 1.47 bits per heavy atom. The molecule has 7 rings (SSSR count). The van der Waals surface area contributed by atoms with E-state index < -0.39 is 130 Å². The van der Waals surface area contributed by atoms with Crippen LogP contribution >= 0.6 is 0 Å². The molecule has 0 bridgehead atoms. The normalized spacial score (nSPS) is 12.4. The minimum atomic E-state index is -5.67. The van der Waals surface area contributed by atoms with Crippen molar-refractivity contribution in [3.05, 3.63) is 108 Å². The molecule has 1 aromatic heterocycles. The van der Waals surface area contributed by atoms with E-state index in [1.807, 2.05) is 4.98 Å². The second kappa shape index (κ2) is 27.9. The van der Waals surface area contributed by atoms with E-state index in [9.17, 15) is 82.2 Å². The van der Waals surface area contributed by atoms with Crippen LogP contribution in [0.1, 0.15) is 5.56 Å². The SMILES string of the molecule is Cc1cc(Nc2nc(F)[nH]c(=Nc3cc(S(=O)(=O)[O-])ccc3S(=O)(=O)[O-])n2)ccc1N=Nc1ccc(N=Nc2cc(S(=O)(=O)[O-])c3cc(S(=O)(=O)[O-])cc(S(=O)(=O)[O-])c3c2)c2cc(S(=O)(=O)[O-])ccc12.[Na+].[Na+].[Na+].[Na+].[Na+].[Na+]. The van der Waals surface area contributed by atoms with Gasteiger partial charge >= 0.3 is 177 Å². The number of aryl methyl sites for hydroxylation is 1. The fourth-order valence-corrected chi connectivity index (χ4v) is 9.93. The van der Waals surface area contributed by atoms with Crippen molar-refractivity contribution in [2.24, 2.45) is 25.4 Å². The second-order valence-corrected chi connectivity index (χ2v) is 22.2. The number of aromatic amines is 1. The van der Waals surface area contributed by atoms with Crippen LogP contribution in [-0.2, 0) is 60.7 Å². The Kier molecular flexibility index (Phi) is 26.8. The van der Waals surface area contributed by atoms with E-state index in [1.54, 1.807) is 6.92 Å². The van der Waals surface area contributed by atoms with Crippen molar-refractivity contribution in [1.82, 2.24) is 15.0 Å². The molecule has 0 spiro atoms. The molecule has 0 amide bonds. The maximum Gasteiger partial charge on any atom is 1.00 e. The summed E-state index contributed by atoms with van der Waals surface area (Å²) >= 11 is 0. The molecule has 40 heteroatoms. The summed E-state index contributed by atoms with van der Waals surface area (Å²) in [5.74, 6) is -0.505. The fourth-order valence-electron chi connectivity index (χ4n) is 6.33. The van der Waals surface area contributed by atoms with E-state index in [0.717, 1.165) is 24.3 Å². The molecule has 76 heavy (non-hydrogen) atoms. The number of aromatic nitrogens is 3. The predicted octanol–water partition coefficient (Wildman–Crippen LogP) is -14.2. The summed E-state index contributed by atoms with van der Waals surface area (Å²) < 4.78 is 229. The van der Waals surface area contributed by atoms with E-state index in [0.29, 0.717) is 35.9 Å². The first-order valence-corrected chi connectivity index (χ1v) is 26.7. The van der Waals surface area contributed by atoms with Gasteiger partial charge in [0.2, 0.25) is 11.6 Å². The van der Waals surface area contributed by atoms with Gasteiger partial charge in [0, 0.05) is 27.2 Å². The third-order valence-corrected chi connectivity index (χ3v) is 14.5. The summed E-state index contributed by atoms with van der Waals surface area (Å²) in [6, 6.07) is 13.0. The summed E-state index contributed by atoms with van der Waals surface area (Å²) in [6.45, 7) is 1.55. The minimum Gasteiger partial charge on any atom is -0.744 e. The summed E-state index contributed by atoms with van der Waals surface area (Å²) in [6.07, 6.45) is -1.35. The van der Waals surface area contributed by atoms with Crippen molar-refractivity contribution < 1.29 is 260 Å². The van der Waals surface area contributed by atoms with Crippen molar-refractivity contribution in [2.45, 2.75) is 36.3 Å². The maximum atomic E-state index is 14.6. The van der Waals surface area contributed by atoms with Gasteiger partial charge in [0.1, 0.15) is 60.7 Å². The number of rotatable bonds is 13. The number of fused-ring (bicyclic) bond motifs is 2. The zero-order chi connectivity index (χ0) is 51.5. The monoisotopic (exact) mass is 1210 g/mol. The number of azo groups is 2. The number of nitrogens with one attached hydrogen (secondary N) is 2. The Labute approximate surface area is 563 Å². The van der Waals surface area contributed by atoms with Gasteiger partial charge in [-0.2, -0.15) is 24.6 Å². The average Bonchev–Trinajstić information content (AvgIpc) is 3.22. The molecule has 0 aliphatic heterocycles. The quantitative estimate of drug-likeness (QED) is 0.0615. The molecule has 6 aromatic carbocycles. The number of nitrogens with zero attached hydrogens (tertiary/aromatic N) is 7. The van der Waals surface area contributed by atoms with Crippen LogP contribution in [-0.4, -0.2) is 92.8 Å². The second-order valence-electron chi connectivity index (χ2n) is 14.1. The molecule has 0 radical (unpaired) electrons. The maximum absolute atomic E-state index is 14.6. The van der Waals surface area contributed by atoms with Crippen LogP contribution in [0.4, 0.5) is 44.5 Å². The molecule has 0 unspecified atom stereocenters. The number of hydrogen-bond acceptors (Lipinski definition) is 26. The topological polar surface area (TPSA) is 459 Å². The third-order valence-electron chi connectivity index (χ3n) is 9.35. The number of benzene rings is 6. The number of H-pyrrole nitrogens is 1. The Morgan fingerprint density at radius 2 is 0.921 bits per heavy atom. The molecule has 0 saturated carbocycles. The molecule has 0 atom stereocenters. The summed E-state index contributed by atoms with van der Waals surface area (Å²) in [4.78, 5) is 6.20. The largest absolute Gasteiger partial charge is 1.00 e. The average molecular weight is 1220 g/mol. The van der Waals surface area contributed by atoms with Gasteiger partial charge in [0.25, 0.3) is 6.08 Å². The van der Waals surface area contributed by atoms with Crippen LogP contribution in [0, 0.1) is 13.0 Å². The first-order valence-electron chi connectivity index (χ1n) is 18.2. The first-order chi connectivity index (χ1) is 32.3. The van der Waals surface area contributed by atoms with E-state index >= 15 is 0 Å². The van der Waals surface area contributed by atoms with Gasteiger partial charge in [0.05, 0.1) is 57.8 Å².